The first kappa shape index (κ1) is 15.6. The minimum absolute atomic E-state index is 0.108. The molecule has 1 rings (SSSR count). The average molecular weight is 290 g/mol. The molecule has 0 unspecified atom stereocenters. The SMILES string of the molecule is CC(C)(C)OC(=O)C(C)(C)Nc1nc(Cl)ncc1F. The van der Waals surface area contributed by atoms with Gasteiger partial charge in [0.05, 0.1) is 6.20 Å². The Morgan fingerprint density at radius 3 is 2.47 bits per heavy atom. The van der Waals surface area contributed by atoms with Crippen LogP contribution in [0.4, 0.5) is 10.2 Å². The van der Waals surface area contributed by atoms with E-state index in [9.17, 15) is 9.18 Å². The van der Waals surface area contributed by atoms with E-state index in [-0.39, 0.29) is 11.1 Å². The van der Waals surface area contributed by atoms with Gasteiger partial charge in [0.15, 0.2) is 11.6 Å². The molecule has 1 N–H and O–H groups in total. The molecule has 106 valence electrons. The first-order chi connectivity index (χ1) is 8.51. The number of hydrogen-bond acceptors (Lipinski definition) is 5. The Morgan fingerprint density at radius 1 is 1.37 bits per heavy atom. The molecule has 7 heteroatoms. The zero-order chi connectivity index (χ0) is 14.8. The monoisotopic (exact) mass is 289 g/mol. The number of esters is 1. The van der Waals surface area contributed by atoms with Gasteiger partial charge in [-0.05, 0) is 46.2 Å². The van der Waals surface area contributed by atoms with E-state index >= 15 is 0 Å². The molecule has 0 saturated carbocycles. The number of aromatic nitrogens is 2. The molecule has 0 aliphatic carbocycles. The molecule has 5 nitrogen and oxygen atoms in total. The first-order valence-electron chi connectivity index (χ1n) is 5.71. The largest absolute Gasteiger partial charge is 0.458 e. The predicted octanol–water partition coefficient (Wildman–Crippen LogP) is 2.80. The number of carbonyl (C=O) groups excluding carboxylic acids is 1. The lowest BCUT2D eigenvalue weighted by atomic mass is 10.1. The molecular weight excluding hydrogens is 273 g/mol. The van der Waals surface area contributed by atoms with Crippen LogP contribution in [-0.2, 0) is 9.53 Å². The van der Waals surface area contributed by atoms with E-state index in [4.69, 9.17) is 16.3 Å². The number of hydrogen-bond donors (Lipinski definition) is 1. The summed E-state index contributed by atoms with van der Waals surface area (Å²) < 4.78 is 18.7. The quantitative estimate of drug-likeness (QED) is 0.685. The van der Waals surface area contributed by atoms with Crippen molar-refractivity contribution in [2.45, 2.75) is 45.8 Å². The van der Waals surface area contributed by atoms with Gasteiger partial charge in [0, 0.05) is 0 Å². The highest BCUT2D eigenvalue weighted by Crippen LogP contribution is 2.20. The van der Waals surface area contributed by atoms with Crippen molar-refractivity contribution in [3.63, 3.8) is 0 Å². The van der Waals surface area contributed by atoms with E-state index < -0.39 is 22.9 Å². The molecule has 0 aliphatic rings. The average Bonchev–Trinajstić information content (AvgIpc) is 2.20. The van der Waals surface area contributed by atoms with Gasteiger partial charge in [-0.3, -0.25) is 0 Å². The molecule has 1 heterocycles. The Morgan fingerprint density at radius 2 is 1.95 bits per heavy atom. The standard InChI is InChI=1S/C12H17ClFN3O2/c1-11(2,3)19-9(18)12(4,5)17-8-7(14)6-15-10(13)16-8/h6H,1-5H3,(H,15,16,17). The fraction of sp³-hybridized carbons (Fsp3) is 0.583. The van der Waals surface area contributed by atoms with E-state index in [0.717, 1.165) is 6.20 Å². The zero-order valence-corrected chi connectivity index (χ0v) is 12.3. The maximum absolute atomic E-state index is 13.5. The summed E-state index contributed by atoms with van der Waals surface area (Å²) in [6, 6.07) is 0. The number of anilines is 1. The van der Waals surface area contributed by atoms with Crippen LogP contribution in [-0.4, -0.2) is 27.1 Å². The molecule has 0 aromatic carbocycles. The van der Waals surface area contributed by atoms with Crippen molar-refractivity contribution in [3.8, 4) is 0 Å². The molecule has 0 aliphatic heterocycles. The van der Waals surface area contributed by atoms with E-state index in [1.807, 2.05) is 0 Å². The van der Waals surface area contributed by atoms with Crippen LogP contribution in [0.1, 0.15) is 34.6 Å². The molecule has 19 heavy (non-hydrogen) atoms. The van der Waals surface area contributed by atoms with Crippen molar-refractivity contribution < 1.29 is 13.9 Å². The van der Waals surface area contributed by atoms with Crippen molar-refractivity contribution in [1.29, 1.82) is 0 Å². The second-order valence-electron chi connectivity index (χ2n) is 5.59. The van der Waals surface area contributed by atoms with Crippen LogP contribution in [0.25, 0.3) is 0 Å². The van der Waals surface area contributed by atoms with E-state index in [2.05, 4.69) is 15.3 Å². The number of nitrogens with one attached hydrogen (secondary N) is 1. The summed E-state index contributed by atoms with van der Waals surface area (Å²) >= 11 is 5.59. The van der Waals surface area contributed by atoms with Gasteiger partial charge in [-0.2, -0.15) is 4.98 Å². The van der Waals surface area contributed by atoms with Crippen LogP contribution in [0.5, 0.6) is 0 Å². The van der Waals surface area contributed by atoms with Crippen LogP contribution in [0.15, 0.2) is 6.20 Å². The maximum Gasteiger partial charge on any atom is 0.331 e. The Labute approximate surface area is 116 Å². The molecule has 1 aromatic rings. The minimum atomic E-state index is -1.15. The van der Waals surface area contributed by atoms with Gasteiger partial charge in [0.2, 0.25) is 5.28 Å². The normalized spacial score (nSPS) is 12.2. The van der Waals surface area contributed by atoms with Crippen molar-refractivity contribution in [2.24, 2.45) is 0 Å². The molecule has 0 atom stereocenters. The van der Waals surface area contributed by atoms with Gasteiger partial charge < -0.3 is 10.1 Å². The number of ether oxygens (including phenoxy) is 1. The molecule has 0 fully saturated rings. The topological polar surface area (TPSA) is 64.1 Å². The lowest BCUT2D eigenvalue weighted by Gasteiger charge is -2.29. The summed E-state index contributed by atoms with van der Waals surface area (Å²) in [6.45, 7) is 8.39. The van der Waals surface area contributed by atoms with E-state index in [1.54, 1.807) is 34.6 Å². The molecule has 0 radical (unpaired) electrons. The van der Waals surface area contributed by atoms with Gasteiger partial charge in [-0.25, -0.2) is 14.2 Å². The number of nitrogens with zero attached hydrogens (tertiary/aromatic N) is 2. The van der Waals surface area contributed by atoms with Gasteiger partial charge in [0.25, 0.3) is 0 Å². The van der Waals surface area contributed by atoms with E-state index in [1.165, 1.54) is 0 Å². The van der Waals surface area contributed by atoms with Crippen molar-refractivity contribution in [2.75, 3.05) is 5.32 Å². The lowest BCUT2D eigenvalue weighted by molar-refractivity contribution is -0.159. The second kappa shape index (κ2) is 5.28. The van der Waals surface area contributed by atoms with Crippen molar-refractivity contribution >= 4 is 23.4 Å². The van der Waals surface area contributed by atoms with Crippen molar-refractivity contribution in [1.82, 2.24) is 9.97 Å². The number of rotatable bonds is 3. The van der Waals surface area contributed by atoms with Gasteiger partial charge >= 0.3 is 5.97 Å². The Hall–Kier alpha value is -1.43. The third-order valence-corrected chi connectivity index (χ3v) is 2.24. The van der Waals surface area contributed by atoms with Crippen molar-refractivity contribution in [3.05, 3.63) is 17.3 Å². The molecule has 1 aromatic heterocycles. The third kappa shape index (κ3) is 4.63. The number of halogens is 2. The molecule has 0 bridgehead atoms. The highest BCUT2D eigenvalue weighted by molar-refractivity contribution is 6.28. The summed E-state index contributed by atoms with van der Waals surface area (Å²) in [6.07, 6.45) is 0.933. The molecule has 0 spiro atoms. The summed E-state index contributed by atoms with van der Waals surface area (Å²) in [4.78, 5) is 19.2. The van der Waals surface area contributed by atoms with Crippen LogP contribution in [0.3, 0.4) is 0 Å². The van der Waals surface area contributed by atoms with Gasteiger partial charge in [-0.15, -0.1) is 0 Å². The highest BCUT2D eigenvalue weighted by Gasteiger charge is 2.33. The minimum Gasteiger partial charge on any atom is -0.458 e. The number of carbonyl (C=O) groups is 1. The van der Waals surface area contributed by atoms with Crippen LogP contribution >= 0.6 is 11.6 Å². The second-order valence-corrected chi connectivity index (χ2v) is 5.93. The Bertz CT molecular complexity index is 486. The highest BCUT2D eigenvalue weighted by atomic mass is 35.5. The summed E-state index contributed by atoms with van der Waals surface area (Å²) in [5, 5.41) is 2.56. The van der Waals surface area contributed by atoms with Gasteiger partial charge in [0.1, 0.15) is 11.1 Å². The third-order valence-electron chi connectivity index (χ3n) is 2.05. The smallest absolute Gasteiger partial charge is 0.331 e. The summed E-state index contributed by atoms with van der Waals surface area (Å²) in [5.41, 5.74) is -1.77. The fourth-order valence-corrected chi connectivity index (χ4v) is 1.32. The summed E-state index contributed by atoms with van der Waals surface area (Å²) in [5.74, 6) is -1.36. The van der Waals surface area contributed by atoms with Crippen LogP contribution in [0, 0.1) is 5.82 Å². The maximum atomic E-state index is 13.5. The molecule has 0 amide bonds. The first-order valence-corrected chi connectivity index (χ1v) is 6.09. The summed E-state index contributed by atoms with van der Waals surface area (Å²) in [7, 11) is 0. The zero-order valence-electron chi connectivity index (χ0n) is 11.5. The Kier molecular flexibility index (Phi) is 4.35. The van der Waals surface area contributed by atoms with E-state index in [0.29, 0.717) is 0 Å². The van der Waals surface area contributed by atoms with Gasteiger partial charge in [-0.1, -0.05) is 0 Å². The van der Waals surface area contributed by atoms with Crippen LogP contribution < -0.4 is 5.32 Å². The predicted molar refractivity (Wildman–Crippen MR) is 70.5 cm³/mol. The van der Waals surface area contributed by atoms with Crippen LogP contribution in [0.2, 0.25) is 5.28 Å². The Balaban J connectivity index is 2.90. The fourth-order valence-electron chi connectivity index (χ4n) is 1.19. The molecule has 0 saturated heterocycles. The lowest BCUT2D eigenvalue weighted by Crippen LogP contribution is -2.45. The molecular formula is C12H17ClFN3O2.